The van der Waals surface area contributed by atoms with E-state index in [1.807, 2.05) is 30.3 Å². The number of carboxylic acid groups (broad SMARTS) is 2. The average Bonchev–Trinajstić information content (AvgIpc) is 2.86. The number of rotatable bonds is 7. The van der Waals surface area contributed by atoms with Crippen LogP contribution in [0, 0.1) is 0 Å². The van der Waals surface area contributed by atoms with Gasteiger partial charge in [0.1, 0.15) is 5.75 Å². The number of hydrogen-bond donors (Lipinski definition) is 3. The van der Waals surface area contributed by atoms with Gasteiger partial charge in [0.2, 0.25) is 5.91 Å². The largest absolute Gasteiger partial charge is 0.494 e. The Bertz CT molecular complexity index is 1080. The summed E-state index contributed by atoms with van der Waals surface area (Å²) >= 11 is 12.5. The maximum Gasteiger partial charge on any atom is 0.414 e. The lowest BCUT2D eigenvalue weighted by Crippen LogP contribution is -2.46. The van der Waals surface area contributed by atoms with E-state index in [0.717, 1.165) is 69.1 Å². The van der Waals surface area contributed by atoms with Gasteiger partial charge in [0.25, 0.3) is 0 Å². The van der Waals surface area contributed by atoms with Gasteiger partial charge >= 0.3 is 11.9 Å². The molecule has 4 rings (SSSR count). The quantitative estimate of drug-likeness (QED) is 0.358. The summed E-state index contributed by atoms with van der Waals surface area (Å²) in [6.45, 7) is 5.71. The number of hydrogen-bond acceptors (Lipinski definition) is 6. The molecular formula is C25H29Cl2N3O6. The number of aliphatic carboxylic acids is 2. The maximum absolute atomic E-state index is 11.5. The second kappa shape index (κ2) is 13.3. The minimum absolute atomic E-state index is 0.0809. The van der Waals surface area contributed by atoms with E-state index in [-0.39, 0.29) is 5.91 Å². The first-order valence-electron chi connectivity index (χ1n) is 11.7. The van der Waals surface area contributed by atoms with Crippen LogP contribution in [0.25, 0.3) is 0 Å². The molecule has 2 aliphatic heterocycles. The monoisotopic (exact) mass is 537 g/mol. The SMILES string of the molecule is O=C(O)C(=O)O.O=C1CCc2ccc(OCCCCN3CCN(c4cccc(Cl)c4Cl)CC3)cc2N1. The zero-order chi connectivity index (χ0) is 26.1. The molecule has 0 atom stereocenters. The molecule has 11 heteroatoms. The zero-order valence-corrected chi connectivity index (χ0v) is 21.2. The van der Waals surface area contributed by atoms with Crippen molar-refractivity contribution in [2.75, 3.05) is 49.5 Å². The highest BCUT2D eigenvalue weighted by molar-refractivity contribution is 6.43. The number of carboxylic acids is 2. The smallest absolute Gasteiger partial charge is 0.414 e. The number of anilines is 2. The molecule has 3 N–H and O–H groups in total. The second-order valence-electron chi connectivity index (χ2n) is 8.43. The number of benzene rings is 2. The number of aryl methyl sites for hydroxylation is 1. The van der Waals surface area contributed by atoms with Crippen LogP contribution >= 0.6 is 23.2 Å². The number of halogens is 2. The lowest BCUT2D eigenvalue weighted by atomic mass is 10.0. The number of amides is 1. The van der Waals surface area contributed by atoms with E-state index in [4.69, 9.17) is 47.7 Å². The lowest BCUT2D eigenvalue weighted by Gasteiger charge is -2.36. The minimum Gasteiger partial charge on any atom is -0.494 e. The molecule has 36 heavy (non-hydrogen) atoms. The molecular weight excluding hydrogens is 509 g/mol. The molecule has 0 spiro atoms. The van der Waals surface area contributed by atoms with Crippen LogP contribution in [0.15, 0.2) is 36.4 Å². The van der Waals surface area contributed by atoms with Gasteiger partial charge < -0.3 is 25.2 Å². The number of nitrogens with one attached hydrogen (secondary N) is 1. The van der Waals surface area contributed by atoms with Gasteiger partial charge in [-0.1, -0.05) is 35.3 Å². The van der Waals surface area contributed by atoms with Gasteiger partial charge in [-0.05, 0) is 49.6 Å². The summed E-state index contributed by atoms with van der Waals surface area (Å²) in [7, 11) is 0. The fourth-order valence-corrected chi connectivity index (χ4v) is 4.43. The predicted molar refractivity (Wildman–Crippen MR) is 139 cm³/mol. The van der Waals surface area contributed by atoms with E-state index >= 15 is 0 Å². The average molecular weight is 538 g/mol. The van der Waals surface area contributed by atoms with Crippen molar-refractivity contribution in [3.8, 4) is 5.75 Å². The van der Waals surface area contributed by atoms with Crippen LogP contribution in [0.1, 0.15) is 24.8 Å². The van der Waals surface area contributed by atoms with Gasteiger partial charge in [0.15, 0.2) is 0 Å². The third-order valence-corrected chi connectivity index (χ3v) is 6.75. The number of carbonyl (C=O) groups is 3. The van der Waals surface area contributed by atoms with Crippen molar-refractivity contribution >= 4 is 52.4 Å². The lowest BCUT2D eigenvalue weighted by molar-refractivity contribution is -0.159. The standard InChI is InChI=1S/C23H27Cl2N3O2.C2H2O4/c24-19-4-3-5-21(23(19)25)28-13-11-27(12-14-28)10-1-2-15-30-18-8-6-17-7-9-22(29)26-20(17)16-18;3-1(4)2(5)6/h3-6,8,16H,1-2,7,9-15H2,(H,26,29);(H,3,4)(H,5,6). The van der Waals surface area contributed by atoms with E-state index < -0.39 is 11.9 Å². The van der Waals surface area contributed by atoms with Crippen LogP contribution in [0.3, 0.4) is 0 Å². The first-order chi connectivity index (χ1) is 17.2. The Morgan fingerprint density at radius 3 is 2.39 bits per heavy atom. The normalized spacial score (nSPS) is 15.3. The molecule has 0 unspecified atom stereocenters. The van der Waals surface area contributed by atoms with Crippen LogP contribution < -0.4 is 15.0 Å². The van der Waals surface area contributed by atoms with Crippen LogP contribution in [0.5, 0.6) is 5.75 Å². The Balaban J connectivity index is 0.000000538. The predicted octanol–water partition coefficient (Wildman–Crippen LogP) is 4.01. The summed E-state index contributed by atoms with van der Waals surface area (Å²) < 4.78 is 5.89. The summed E-state index contributed by atoms with van der Waals surface area (Å²) in [6, 6.07) is 11.8. The summed E-state index contributed by atoms with van der Waals surface area (Å²) in [5.74, 6) is -2.75. The van der Waals surface area contributed by atoms with Gasteiger partial charge in [-0.2, -0.15) is 0 Å². The van der Waals surface area contributed by atoms with E-state index in [1.165, 1.54) is 5.56 Å². The molecule has 0 radical (unpaired) electrons. The Hall–Kier alpha value is -3.01. The van der Waals surface area contributed by atoms with Gasteiger partial charge in [-0.3, -0.25) is 9.69 Å². The molecule has 2 aromatic rings. The highest BCUT2D eigenvalue weighted by atomic mass is 35.5. The molecule has 0 bridgehead atoms. The summed E-state index contributed by atoms with van der Waals surface area (Å²) in [5.41, 5.74) is 3.10. The third kappa shape index (κ3) is 8.01. The van der Waals surface area contributed by atoms with Gasteiger partial charge in [-0.25, -0.2) is 9.59 Å². The fourth-order valence-electron chi connectivity index (χ4n) is 4.02. The number of nitrogens with zero attached hydrogens (tertiary/aromatic N) is 2. The van der Waals surface area contributed by atoms with Crippen molar-refractivity contribution in [3.63, 3.8) is 0 Å². The topological polar surface area (TPSA) is 119 Å². The molecule has 1 saturated heterocycles. The third-order valence-electron chi connectivity index (χ3n) is 5.94. The van der Waals surface area contributed by atoms with Gasteiger partial charge in [0, 0.05) is 44.4 Å². The maximum atomic E-state index is 11.5. The number of fused-ring (bicyclic) bond motifs is 1. The van der Waals surface area contributed by atoms with E-state index in [2.05, 4.69) is 21.2 Å². The van der Waals surface area contributed by atoms with Crippen LogP contribution in [0.4, 0.5) is 11.4 Å². The molecule has 9 nitrogen and oxygen atoms in total. The van der Waals surface area contributed by atoms with Crippen LogP contribution in [-0.2, 0) is 20.8 Å². The number of ether oxygens (including phenoxy) is 1. The molecule has 0 aromatic heterocycles. The summed E-state index contributed by atoms with van der Waals surface area (Å²) in [4.78, 5) is 34.5. The Labute approximate surface area is 219 Å². The van der Waals surface area contributed by atoms with Gasteiger partial charge in [-0.15, -0.1) is 0 Å². The molecule has 1 amide bonds. The van der Waals surface area contributed by atoms with Crippen molar-refractivity contribution in [2.45, 2.75) is 25.7 Å². The van der Waals surface area contributed by atoms with E-state index in [1.54, 1.807) is 0 Å². The van der Waals surface area contributed by atoms with Crippen molar-refractivity contribution in [1.82, 2.24) is 4.90 Å². The van der Waals surface area contributed by atoms with E-state index in [9.17, 15) is 4.79 Å². The Morgan fingerprint density at radius 1 is 0.972 bits per heavy atom. The highest BCUT2D eigenvalue weighted by Gasteiger charge is 2.19. The first kappa shape index (κ1) is 27.6. The molecule has 0 saturated carbocycles. The molecule has 2 aromatic carbocycles. The Kier molecular flexibility index (Phi) is 10.2. The molecule has 2 heterocycles. The van der Waals surface area contributed by atoms with Crippen molar-refractivity contribution in [3.05, 3.63) is 52.0 Å². The molecule has 0 aliphatic carbocycles. The van der Waals surface area contributed by atoms with Crippen molar-refractivity contribution in [1.29, 1.82) is 0 Å². The van der Waals surface area contributed by atoms with Crippen LogP contribution in [0.2, 0.25) is 10.0 Å². The van der Waals surface area contributed by atoms with E-state index in [0.29, 0.717) is 23.1 Å². The molecule has 2 aliphatic rings. The number of carbonyl (C=O) groups excluding carboxylic acids is 1. The number of piperazine rings is 1. The van der Waals surface area contributed by atoms with Crippen molar-refractivity contribution < 1.29 is 29.3 Å². The Morgan fingerprint density at radius 2 is 1.69 bits per heavy atom. The zero-order valence-electron chi connectivity index (χ0n) is 19.7. The molecule has 194 valence electrons. The van der Waals surface area contributed by atoms with Crippen molar-refractivity contribution in [2.24, 2.45) is 0 Å². The number of unbranched alkanes of at least 4 members (excludes halogenated alkanes) is 1. The molecule has 1 fully saturated rings. The second-order valence-corrected chi connectivity index (χ2v) is 9.22. The van der Waals surface area contributed by atoms with Gasteiger partial charge in [0.05, 0.1) is 22.3 Å². The summed E-state index contributed by atoms with van der Waals surface area (Å²) in [5, 5.41) is 19.0. The van der Waals surface area contributed by atoms with Crippen LogP contribution in [-0.4, -0.2) is 72.3 Å². The summed E-state index contributed by atoms with van der Waals surface area (Å²) in [6.07, 6.45) is 3.47. The first-order valence-corrected chi connectivity index (χ1v) is 12.4. The minimum atomic E-state index is -1.82. The highest BCUT2D eigenvalue weighted by Crippen LogP contribution is 2.33. The fraction of sp³-hybridized carbons (Fsp3) is 0.400.